The third-order valence-electron chi connectivity index (χ3n) is 6.51. The molecule has 8 unspecified atom stereocenters. The van der Waals surface area contributed by atoms with Crippen LogP contribution in [0, 0.1) is 25.7 Å². The molecule has 39 heavy (non-hydrogen) atoms. The van der Waals surface area contributed by atoms with Crippen LogP contribution in [0.2, 0.25) is 0 Å². The summed E-state index contributed by atoms with van der Waals surface area (Å²) >= 11 is 28.4. The van der Waals surface area contributed by atoms with Crippen molar-refractivity contribution < 1.29 is 36.1 Å². The molecular weight excluding hydrogens is 777 g/mol. The fourth-order valence-corrected chi connectivity index (χ4v) is 8.78. The number of alkyl halides is 4. The van der Waals surface area contributed by atoms with E-state index in [-0.39, 0.29) is 59.2 Å². The average Bonchev–Trinajstić information content (AvgIpc) is 2.88. The maximum atomic E-state index is 10.1. The molecule has 0 spiro atoms. The minimum absolute atomic E-state index is 0. The first-order valence-electron chi connectivity index (χ1n) is 13.0. The van der Waals surface area contributed by atoms with Crippen molar-refractivity contribution in [1.29, 1.82) is 0 Å². The molecule has 218 valence electrons. The normalized spacial score (nSPS) is 30.0. The van der Waals surface area contributed by atoms with E-state index in [1.54, 1.807) is 0 Å². The zero-order valence-corrected chi connectivity index (χ0v) is 30.4. The van der Waals surface area contributed by atoms with Crippen LogP contribution in [0.1, 0.15) is 36.8 Å². The molecule has 2 fully saturated rings. The number of hydrogen-bond donors (Lipinski definition) is 2. The van der Waals surface area contributed by atoms with Crippen LogP contribution in [0.3, 0.4) is 0 Å². The average molecular weight is 817 g/mol. The molecule has 0 radical (unpaired) electrons. The van der Waals surface area contributed by atoms with Crippen LogP contribution < -0.4 is 0 Å². The second-order valence-corrected chi connectivity index (χ2v) is 14.4. The molecule has 8 atom stereocenters. The molecule has 2 aliphatic carbocycles. The standard InChI is InChI=1S/C16H26Cl4O2S2.2C7H7.Hf/c17-11-3-9(15(21)13(19)5-11)7-23-1-2-24-8-10-4-12(18)6-14(20)16(10)22;2*1-7-5-3-2-4-6-7;/h9-16,21-22H,1-8H2;2*2-6H,1H2;/q;2*-1;. The van der Waals surface area contributed by atoms with Crippen LogP contribution in [0.25, 0.3) is 0 Å². The van der Waals surface area contributed by atoms with Gasteiger partial charge in [0.1, 0.15) is 0 Å². The summed E-state index contributed by atoms with van der Waals surface area (Å²) in [5.41, 5.74) is 2.14. The van der Waals surface area contributed by atoms with Crippen molar-refractivity contribution in [2.45, 2.75) is 59.4 Å². The Morgan fingerprint density at radius 1 is 0.615 bits per heavy atom. The van der Waals surface area contributed by atoms with E-state index in [1.165, 1.54) is 0 Å². The summed E-state index contributed by atoms with van der Waals surface area (Å²) in [4.78, 5) is 0. The minimum atomic E-state index is -0.444. The molecule has 2 saturated carbocycles. The number of aliphatic hydroxyl groups is 2. The maximum absolute atomic E-state index is 10.1. The number of aliphatic hydroxyl groups excluding tert-OH is 2. The molecule has 2 aromatic rings. The van der Waals surface area contributed by atoms with Gasteiger partial charge < -0.3 is 10.2 Å². The molecule has 0 amide bonds. The van der Waals surface area contributed by atoms with Crippen molar-refractivity contribution in [2.24, 2.45) is 11.8 Å². The van der Waals surface area contributed by atoms with E-state index in [2.05, 4.69) is 13.8 Å². The van der Waals surface area contributed by atoms with Crippen LogP contribution in [-0.4, -0.2) is 66.9 Å². The van der Waals surface area contributed by atoms with Crippen LogP contribution in [0.4, 0.5) is 0 Å². The number of thioether (sulfide) groups is 2. The Kier molecular flexibility index (Phi) is 20.9. The van der Waals surface area contributed by atoms with Crippen molar-refractivity contribution >= 4 is 69.9 Å². The van der Waals surface area contributed by atoms with Crippen LogP contribution >= 0.6 is 69.9 Å². The first kappa shape index (κ1) is 37.9. The molecule has 2 aromatic carbocycles. The minimum Gasteiger partial charge on any atom is -0.391 e. The summed E-state index contributed by atoms with van der Waals surface area (Å²) in [6.07, 6.45) is 2.17. The summed E-state index contributed by atoms with van der Waals surface area (Å²) in [7, 11) is 0. The van der Waals surface area contributed by atoms with Crippen molar-refractivity contribution in [3.05, 3.63) is 85.6 Å². The summed E-state index contributed by atoms with van der Waals surface area (Å²) in [6.45, 7) is 7.44. The van der Waals surface area contributed by atoms with Gasteiger partial charge in [0.15, 0.2) is 0 Å². The van der Waals surface area contributed by atoms with Gasteiger partial charge in [-0.3, -0.25) is 0 Å². The van der Waals surface area contributed by atoms with Crippen molar-refractivity contribution in [1.82, 2.24) is 0 Å². The second kappa shape index (κ2) is 21.5. The predicted octanol–water partition coefficient (Wildman–Crippen LogP) is 8.16. The van der Waals surface area contributed by atoms with E-state index in [0.717, 1.165) is 47.0 Å². The van der Waals surface area contributed by atoms with Crippen LogP contribution in [-0.2, 0) is 25.8 Å². The van der Waals surface area contributed by atoms with E-state index in [0.29, 0.717) is 12.8 Å². The van der Waals surface area contributed by atoms with Gasteiger partial charge in [-0.15, -0.1) is 70.7 Å². The number of benzene rings is 2. The van der Waals surface area contributed by atoms with E-state index >= 15 is 0 Å². The first-order valence-corrected chi connectivity index (χ1v) is 17.0. The Labute approximate surface area is 283 Å². The molecule has 0 aliphatic heterocycles. The van der Waals surface area contributed by atoms with E-state index in [4.69, 9.17) is 46.4 Å². The van der Waals surface area contributed by atoms with Gasteiger partial charge >= 0.3 is 0 Å². The van der Waals surface area contributed by atoms with Crippen LogP contribution in [0.15, 0.2) is 60.7 Å². The SMILES string of the molecule is OC1C(Cl)CC(Cl)CC1CSCCSCC1CC(Cl)CC(Cl)C1O.[CH2-]c1ccccc1.[CH2-]c1ccccc1.[Hf]. The second-order valence-electron chi connectivity index (χ2n) is 9.79. The topological polar surface area (TPSA) is 40.5 Å². The van der Waals surface area contributed by atoms with E-state index < -0.39 is 12.2 Å². The van der Waals surface area contributed by atoms with Crippen molar-refractivity contribution in [2.75, 3.05) is 23.0 Å². The Bertz CT molecular complexity index is 799. The van der Waals surface area contributed by atoms with Gasteiger partial charge in [-0.2, -0.15) is 72.8 Å². The quantitative estimate of drug-likeness (QED) is 0.128. The number of hydrogen-bond acceptors (Lipinski definition) is 4. The molecule has 9 heteroatoms. The molecule has 2 N–H and O–H groups in total. The number of rotatable bonds is 7. The van der Waals surface area contributed by atoms with Crippen LogP contribution in [0.5, 0.6) is 0 Å². The first-order chi connectivity index (χ1) is 18.2. The number of halogens is 4. The van der Waals surface area contributed by atoms with Gasteiger partial charge in [-0.25, -0.2) is 0 Å². The molecule has 4 rings (SSSR count). The summed E-state index contributed by atoms with van der Waals surface area (Å²) in [6, 6.07) is 19.7. The fourth-order valence-electron chi connectivity index (χ4n) is 4.36. The predicted molar refractivity (Wildman–Crippen MR) is 172 cm³/mol. The summed E-state index contributed by atoms with van der Waals surface area (Å²) in [5.74, 6) is 4.21. The Morgan fingerprint density at radius 2 is 0.949 bits per heavy atom. The molecule has 0 aromatic heterocycles. The zero-order valence-electron chi connectivity index (χ0n) is 22.2. The molecule has 0 bridgehead atoms. The summed E-state index contributed by atoms with van der Waals surface area (Å²) in [5, 5.41) is 20.0. The molecule has 0 heterocycles. The third-order valence-corrected chi connectivity index (χ3v) is 10.7. The molecule has 2 nitrogen and oxygen atoms in total. The Hall–Kier alpha value is 0.830. The fraction of sp³-hybridized carbons (Fsp3) is 0.533. The van der Waals surface area contributed by atoms with Gasteiger partial charge in [0.05, 0.1) is 23.0 Å². The molecule has 0 saturated heterocycles. The van der Waals surface area contributed by atoms with E-state index in [1.807, 2.05) is 84.2 Å². The van der Waals surface area contributed by atoms with Crippen molar-refractivity contribution in [3.8, 4) is 0 Å². The Balaban J connectivity index is 0.000000410. The van der Waals surface area contributed by atoms with Gasteiger partial charge in [-0.05, 0) is 49.0 Å². The van der Waals surface area contributed by atoms with Gasteiger partial charge in [0.25, 0.3) is 0 Å². The third kappa shape index (κ3) is 15.7. The molecular formula is C30H40Cl4HfO2S2-2. The van der Waals surface area contributed by atoms with Gasteiger partial charge in [-0.1, -0.05) is 12.1 Å². The van der Waals surface area contributed by atoms with Gasteiger partial charge in [0.2, 0.25) is 0 Å². The monoisotopic (exact) mass is 816 g/mol. The largest absolute Gasteiger partial charge is 0.391 e. The van der Waals surface area contributed by atoms with Gasteiger partial charge in [0, 0.05) is 48.1 Å². The molecule has 2 aliphatic rings. The zero-order chi connectivity index (χ0) is 27.9. The smallest absolute Gasteiger partial charge is 0.0740 e. The Morgan fingerprint density at radius 3 is 1.23 bits per heavy atom. The van der Waals surface area contributed by atoms with Crippen molar-refractivity contribution in [3.63, 3.8) is 0 Å². The summed E-state index contributed by atoms with van der Waals surface area (Å²) < 4.78 is 0. The maximum Gasteiger partial charge on any atom is 0.0740 e. The van der Waals surface area contributed by atoms with E-state index in [9.17, 15) is 10.2 Å².